The molecule has 1 atom stereocenters. The molecule has 0 aromatic heterocycles. The van der Waals surface area contributed by atoms with Gasteiger partial charge in [0, 0.05) is 6.16 Å². The van der Waals surface area contributed by atoms with Gasteiger partial charge in [0.05, 0.1) is 13.2 Å². The predicted octanol–water partition coefficient (Wildman–Crippen LogP) is 4.48. The van der Waals surface area contributed by atoms with Crippen LogP contribution < -0.4 is 0 Å². The Labute approximate surface area is 105 Å². The Kier molecular flexibility index (Phi) is 7.89. The van der Waals surface area contributed by atoms with Gasteiger partial charge in [0.2, 0.25) is 0 Å². The van der Waals surface area contributed by atoms with Gasteiger partial charge in [0.1, 0.15) is 0 Å². The zero-order valence-corrected chi connectivity index (χ0v) is 12.2. The van der Waals surface area contributed by atoms with Crippen molar-refractivity contribution in [1.82, 2.24) is 0 Å². The van der Waals surface area contributed by atoms with Gasteiger partial charge in [-0.2, -0.15) is 0 Å². The molecule has 4 heteroatoms. The topological polar surface area (TPSA) is 18.5 Å². The Bertz CT molecular complexity index is 211. The first-order valence-corrected chi connectivity index (χ1v) is 9.47. The van der Waals surface area contributed by atoms with Crippen molar-refractivity contribution in [2.75, 3.05) is 19.4 Å². The number of rotatable bonds is 8. The van der Waals surface area contributed by atoms with Crippen LogP contribution in [0.4, 0.5) is 0 Å². The summed E-state index contributed by atoms with van der Waals surface area (Å²) in [4.78, 5) is 0. The largest absolute Gasteiger partial charge is 0.329 e. The average Bonchev–Trinajstić information content (AvgIpc) is 2.29. The van der Waals surface area contributed by atoms with E-state index in [4.69, 9.17) is 20.9 Å². The molecule has 0 aromatic carbocycles. The van der Waals surface area contributed by atoms with Crippen LogP contribution in [0, 0.1) is 0 Å². The smallest absolute Gasteiger partial charge is 0.188 e. The molecule has 0 N–H and O–H groups in total. The standard InChI is InChI=1S/C12H25O2PS/c1-2-3-4-5-6-7-10-13-15(16)12-9-8-11-14-15/h2-12H2,1H3. The molecule has 1 fully saturated rings. The molecule has 0 bridgehead atoms. The van der Waals surface area contributed by atoms with E-state index < -0.39 is 6.49 Å². The van der Waals surface area contributed by atoms with Crippen molar-refractivity contribution in [2.24, 2.45) is 0 Å². The summed E-state index contributed by atoms with van der Waals surface area (Å²) in [6.45, 7) is 2.03. The van der Waals surface area contributed by atoms with Crippen molar-refractivity contribution >= 4 is 18.3 Å². The van der Waals surface area contributed by atoms with E-state index in [2.05, 4.69) is 6.92 Å². The molecule has 0 saturated carbocycles. The Morgan fingerprint density at radius 3 is 2.56 bits per heavy atom. The highest BCUT2D eigenvalue weighted by atomic mass is 32.5. The van der Waals surface area contributed by atoms with E-state index in [-0.39, 0.29) is 0 Å². The van der Waals surface area contributed by atoms with E-state index in [1.165, 1.54) is 38.5 Å². The monoisotopic (exact) mass is 264 g/mol. The lowest BCUT2D eigenvalue weighted by molar-refractivity contribution is 0.225. The van der Waals surface area contributed by atoms with Gasteiger partial charge in [-0.15, -0.1) is 0 Å². The van der Waals surface area contributed by atoms with Gasteiger partial charge < -0.3 is 9.05 Å². The van der Waals surface area contributed by atoms with Crippen LogP contribution in [-0.4, -0.2) is 19.4 Å². The van der Waals surface area contributed by atoms with Gasteiger partial charge in [0.15, 0.2) is 6.49 Å². The zero-order valence-electron chi connectivity index (χ0n) is 10.5. The molecule has 0 aliphatic carbocycles. The first-order chi connectivity index (χ1) is 7.77. The molecule has 1 aliphatic rings. The van der Waals surface area contributed by atoms with Crippen LogP contribution >= 0.6 is 6.49 Å². The maximum atomic E-state index is 5.78. The quantitative estimate of drug-likeness (QED) is 0.475. The third-order valence-corrected chi connectivity index (χ3v) is 6.10. The van der Waals surface area contributed by atoms with Crippen molar-refractivity contribution in [2.45, 2.75) is 58.3 Å². The molecule has 0 radical (unpaired) electrons. The minimum Gasteiger partial charge on any atom is -0.329 e. The summed E-state index contributed by atoms with van der Waals surface area (Å²) in [5, 5.41) is 0. The molecule has 0 aromatic rings. The summed E-state index contributed by atoms with van der Waals surface area (Å²) in [5.41, 5.74) is 0. The van der Waals surface area contributed by atoms with Crippen LogP contribution in [-0.2, 0) is 20.9 Å². The lowest BCUT2D eigenvalue weighted by Gasteiger charge is -2.26. The molecule has 1 heterocycles. The second-order valence-corrected chi connectivity index (χ2v) is 8.33. The summed E-state index contributed by atoms with van der Waals surface area (Å²) in [5.74, 6) is 0. The van der Waals surface area contributed by atoms with Gasteiger partial charge in [-0.05, 0) is 31.1 Å². The van der Waals surface area contributed by atoms with Crippen LogP contribution in [0.25, 0.3) is 0 Å². The van der Waals surface area contributed by atoms with Crippen molar-refractivity contribution in [3.63, 3.8) is 0 Å². The van der Waals surface area contributed by atoms with Crippen LogP contribution in [0.2, 0.25) is 0 Å². The lowest BCUT2D eigenvalue weighted by atomic mass is 10.1. The molecule has 1 rings (SSSR count). The highest BCUT2D eigenvalue weighted by Gasteiger charge is 2.21. The van der Waals surface area contributed by atoms with Crippen molar-refractivity contribution in [1.29, 1.82) is 0 Å². The second-order valence-electron chi connectivity index (χ2n) is 4.48. The van der Waals surface area contributed by atoms with Crippen molar-refractivity contribution in [3.8, 4) is 0 Å². The number of unbranched alkanes of at least 4 members (excludes halogenated alkanes) is 5. The van der Waals surface area contributed by atoms with Gasteiger partial charge in [-0.1, -0.05) is 39.0 Å². The van der Waals surface area contributed by atoms with Gasteiger partial charge in [-0.3, -0.25) is 0 Å². The normalized spacial score (nSPS) is 25.8. The Balaban J connectivity index is 1.95. The predicted molar refractivity (Wildman–Crippen MR) is 73.7 cm³/mol. The maximum absolute atomic E-state index is 5.78. The second kappa shape index (κ2) is 8.63. The molecule has 0 spiro atoms. The average molecular weight is 264 g/mol. The third-order valence-electron chi connectivity index (χ3n) is 2.90. The van der Waals surface area contributed by atoms with Crippen LogP contribution in [0.3, 0.4) is 0 Å². The molecule has 1 unspecified atom stereocenters. The highest BCUT2D eigenvalue weighted by molar-refractivity contribution is 8.09. The molecule has 16 heavy (non-hydrogen) atoms. The molecule has 2 nitrogen and oxygen atoms in total. The van der Waals surface area contributed by atoms with E-state index in [1.807, 2.05) is 0 Å². The minimum absolute atomic E-state index is 0.809. The van der Waals surface area contributed by atoms with Gasteiger partial charge >= 0.3 is 0 Å². The summed E-state index contributed by atoms with van der Waals surface area (Å²) in [7, 11) is 0. The number of hydrogen-bond acceptors (Lipinski definition) is 3. The first-order valence-electron chi connectivity index (χ1n) is 6.65. The van der Waals surface area contributed by atoms with Crippen LogP contribution in [0.15, 0.2) is 0 Å². The first kappa shape index (κ1) is 14.6. The molecule has 1 aliphatic heterocycles. The van der Waals surface area contributed by atoms with Crippen molar-refractivity contribution in [3.05, 3.63) is 0 Å². The maximum Gasteiger partial charge on any atom is 0.188 e. The zero-order chi connectivity index (χ0) is 11.7. The van der Waals surface area contributed by atoms with Crippen LogP contribution in [0.1, 0.15) is 58.3 Å². The molecular formula is C12H25O2PS. The third kappa shape index (κ3) is 6.34. The summed E-state index contributed by atoms with van der Waals surface area (Å²) in [6, 6.07) is 0. The van der Waals surface area contributed by atoms with Gasteiger partial charge in [-0.25, -0.2) is 0 Å². The Morgan fingerprint density at radius 2 is 1.88 bits per heavy atom. The van der Waals surface area contributed by atoms with Crippen molar-refractivity contribution < 1.29 is 9.05 Å². The van der Waals surface area contributed by atoms with Gasteiger partial charge in [0.25, 0.3) is 0 Å². The van der Waals surface area contributed by atoms with E-state index in [0.717, 1.165) is 32.2 Å². The fourth-order valence-corrected chi connectivity index (χ4v) is 4.46. The summed E-state index contributed by atoms with van der Waals surface area (Å²) >= 11 is 5.44. The SMILES string of the molecule is CCCCCCCCOP1(=S)CCCCO1. The molecule has 96 valence electrons. The number of hydrogen-bond donors (Lipinski definition) is 0. The molecule has 0 amide bonds. The Hall–Kier alpha value is 0.570. The lowest BCUT2D eigenvalue weighted by Crippen LogP contribution is -2.08. The minimum atomic E-state index is -1.84. The highest BCUT2D eigenvalue weighted by Crippen LogP contribution is 2.51. The molecule has 1 saturated heterocycles. The van der Waals surface area contributed by atoms with E-state index in [1.54, 1.807) is 0 Å². The molecular weight excluding hydrogens is 239 g/mol. The van der Waals surface area contributed by atoms with E-state index in [9.17, 15) is 0 Å². The Morgan fingerprint density at radius 1 is 1.12 bits per heavy atom. The van der Waals surface area contributed by atoms with Crippen LogP contribution in [0.5, 0.6) is 0 Å². The summed E-state index contributed by atoms with van der Waals surface area (Å²) in [6.07, 6.45) is 11.1. The fraction of sp³-hybridized carbons (Fsp3) is 1.00. The van der Waals surface area contributed by atoms with E-state index in [0.29, 0.717) is 0 Å². The van der Waals surface area contributed by atoms with E-state index >= 15 is 0 Å². The summed E-state index contributed by atoms with van der Waals surface area (Å²) < 4.78 is 11.4. The fourth-order valence-electron chi connectivity index (χ4n) is 1.86.